The van der Waals surface area contributed by atoms with Gasteiger partial charge in [-0.15, -0.1) is 0 Å². The van der Waals surface area contributed by atoms with Gasteiger partial charge in [-0.1, -0.05) is 20.3 Å². The molecule has 1 amide bonds. The van der Waals surface area contributed by atoms with Crippen LogP contribution in [0.4, 0.5) is 0 Å². The summed E-state index contributed by atoms with van der Waals surface area (Å²) in [5.74, 6) is -1.48. The van der Waals surface area contributed by atoms with E-state index in [-0.39, 0.29) is 5.69 Å². The van der Waals surface area contributed by atoms with Crippen LogP contribution in [0.25, 0.3) is 0 Å². The fourth-order valence-corrected chi connectivity index (χ4v) is 1.44. The Kier molecular flexibility index (Phi) is 4.68. The van der Waals surface area contributed by atoms with E-state index in [1.165, 1.54) is 0 Å². The molecule has 0 radical (unpaired) electrons. The van der Waals surface area contributed by atoms with Crippen LogP contribution < -0.4 is 5.32 Å². The molecule has 1 heterocycles. The molecule has 3 N–H and O–H groups in total. The molecule has 0 fully saturated rings. The average molecular weight is 239 g/mol. The highest BCUT2D eigenvalue weighted by Crippen LogP contribution is 2.03. The standard InChI is InChI=1S/C11H17N3O3/c1-3-5-8(11(16)17)12-10(15)9-6-7(4-2)13-14-9/h6,8H,3-5H2,1-2H3,(H,12,15)(H,13,14)(H,16,17). The number of rotatable bonds is 6. The zero-order valence-electron chi connectivity index (χ0n) is 9.99. The van der Waals surface area contributed by atoms with Gasteiger partial charge in [-0.05, 0) is 18.9 Å². The lowest BCUT2D eigenvalue weighted by Crippen LogP contribution is -2.40. The first-order chi connectivity index (χ1) is 8.08. The maximum Gasteiger partial charge on any atom is 0.326 e. The molecule has 0 saturated heterocycles. The van der Waals surface area contributed by atoms with E-state index in [1.54, 1.807) is 6.07 Å². The van der Waals surface area contributed by atoms with Crippen LogP contribution >= 0.6 is 0 Å². The van der Waals surface area contributed by atoms with E-state index in [0.29, 0.717) is 12.8 Å². The van der Waals surface area contributed by atoms with Crippen LogP contribution in [-0.2, 0) is 11.2 Å². The molecule has 0 saturated carbocycles. The van der Waals surface area contributed by atoms with Gasteiger partial charge in [0.25, 0.3) is 5.91 Å². The summed E-state index contributed by atoms with van der Waals surface area (Å²) in [7, 11) is 0. The average Bonchev–Trinajstić information content (AvgIpc) is 2.76. The van der Waals surface area contributed by atoms with E-state index in [1.807, 2.05) is 13.8 Å². The Balaban J connectivity index is 2.66. The molecule has 0 spiro atoms. The second kappa shape index (κ2) is 6.03. The van der Waals surface area contributed by atoms with Gasteiger partial charge in [-0.2, -0.15) is 5.10 Å². The van der Waals surface area contributed by atoms with Crippen molar-refractivity contribution >= 4 is 11.9 Å². The molecule has 6 heteroatoms. The fraction of sp³-hybridized carbons (Fsp3) is 0.545. The number of nitrogens with one attached hydrogen (secondary N) is 2. The van der Waals surface area contributed by atoms with Gasteiger partial charge in [-0.3, -0.25) is 9.89 Å². The van der Waals surface area contributed by atoms with Gasteiger partial charge in [0.05, 0.1) is 0 Å². The van der Waals surface area contributed by atoms with Gasteiger partial charge in [0.15, 0.2) is 0 Å². The highest BCUT2D eigenvalue weighted by Gasteiger charge is 2.20. The lowest BCUT2D eigenvalue weighted by Gasteiger charge is -2.11. The van der Waals surface area contributed by atoms with Gasteiger partial charge >= 0.3 is 5.97 Å². The molecule has 1 aromatic rings. The number of hydrogen-bond acceptors (Lipinski definition) is 3. The largest absolute Gasteiger partial charge is 0.480 e. The number of aromatic nitrogens is 2. The molecule has 0 aliphatic rings. The van der Waals surface area contributed by atoms with Gasteiger partial charge in [0.2, 0.25) is 0 Å². The summed E-state index contributed by atoms with van der Waals surface area (Å²) in [4.78, 5) is 22.6. The van der Waals surface area contributed by atoms with Crippen molar-refractivity contribution in [1.82, 2.24) is 15.5 Å². The Labute approximate surface area is 99.4 Å². The summed E-state index contributed by atoms with van der Waals surface area (Å²) in [6, 6.07) is 0.773. The second-order valence-electron chi connectivity index (χ2n) is 3.78. The van der Waals surface area contributed by atoms with Crippen LogP contribution in [0.2, 0.25) is 0 Å². The Morgan fingerprint density at radius 1 is 1.53 bits per heavy atom. The Morgan fingerprint density at radius 3 is 2.71 bits per heavy atom. The highest BCUT2D eigenvalue weighted by atomic mass is 16.4. The van der Waals surface area contributed by atoms with E-state index < -0.39 is 17.9 Å². The number of carbonyl (C=O) groups is 2. The maximum atomic E-state index is 11.7. The Morgan fingerprint density at radius 2 is 2.24 bits per heavy atom. The van der Waals surface area contributed by atoms with Crippen molar-refractivity contribution in [1.29, 1.82) is 0 Å². The monoisotopic (exact) mass is 239 g/mol. The predicted molar refractivity (Wildman–Crippen MR) is 61.8 cm³/mol. The quantitative estimate of drug-likeness (QED) is 0.689. The number of carboxylic acids is 1. The summed E-state index contributed by atoms with van der Waals surface area (Å²) in [6.45, 7) is 3.80. The first-order valence-electron chi connectivity index (χ1n) is 5.66. The number of hydrogen-bond donors (Lipinski definition) is 3. The number of aliphatic carboxylic acids is 1. The normalized spacial score (nSPS) is 12.1. The summed E-state index contributed by atoms with van der Waals surface area (Å²) in [5.41, 5.74) is 1.07. The molecule has 1 rings (SSSR count). The van der Waals surface area contributed by atoms with E-state index in [2.05, 4.69) is 15.5 Å². The maximum absolute atomic E-state index is 11.7. The molecule has 1 aromatic heterocycles. The minimum atomic E-state index is -1.02. The zero-order valence-corrected chi connectivity index (χ0v) is 9.99. The molecule has 6 nitrogen and oxygen atoms in total. The Bertz CT molecular complexity index is 400. The van der Waals surface area contributed by atoms with E-state index >= 15 is 0 Å². The molecule has 17 heavy (non-hydrogen) atoms. The lowest BCUT2D eigenvalue weighted by molar-refractivity contribution is -0.139. The topological polar surface area (TPSA) is 95.1 Å². The summed E-state index contributed by atoms with van der Waals surface area (Å²) >= 11 is 0. The lowest BCUT2D eigenvalue weighted by atomic mass is 10.1. The number of H-pyrrole nitrogens is 1. The van der Waals surface area contributed by atoms with Crippen LogP contribution in [0.3, 0.4) is 0 Å². The molecule has 0 bridgehead atoms. The van der Waals surface area contributed by atoms with Gasteiger partial charge < -0.3 is 10.4 Å². The van der Waals surface area contributed by atoms with Crippen molar-refractivity contribution in [2.45, 2.75) is 39.2 Å². The smallest absolute Gasteiger partial charge is 0.326 e. The van der Waals surface area contributed by atoms with E-state index in [9.17, 15) is 9.59 Å². The molecular weight excluding hydrogens is 222 g/mol. The third kappa shape index (κ3) is 3.58. The number of carbonyl (C=O) groups excluding carboxylic acids is 1. The molecular formula is C11H17N3O3. The first-order valence-corrected chi connectivity index (χ1v) is 5.66. The fourth-order valence-electron chi connectivity index (χ4n) is 1.44. The first kappa shape index (κ1) is 13.2. The van der Waals surface area contributed by atoms with Crippen LogP contribution in [-0.4, -0.2) is 33.2 Å². The summed E-state index contributed by atoms with van der Waals surface area (Å²) in [5, 5.41) is 17.9. The van der Waals surface area contributed by atoms with Crippen molar-refractivity contribution in [3.63, 3.8) is 0 Å². The van der Waals surface area contributed by atoms with Crippen molar-refractivity contribution in [3.8, 4) is 0 Å². The highest BCUT2D eigenvalue weighted by molar-refractivity contribution is 5.94. The minimum absolute atomic E-state index is 0.226. The van der Waals surface area contributed by atoms with Crippen LogP contribution in [0, 0.1) is 0 Å². The number of aromatic amines is 1. The molecule has 94 valence electrons. The molecule has 1 unspecified atom stereocenters. The van der Waals surface area contributed by atoms with Crippen molar-refractivity contribution < 1.29 is 14.7 Å². The third-order valence-electron chi connectivity index (χ3n) is 2.43. The summed E-state index contributed by atoms with van der Waals surface area (Å²) < 4.78 is 0. The predicted octanol–water partition coefficient (Wildman–Crippen LogP) is 0.955. The van der Waals surface area contributed by atoms with Gasteiger partial charge in [-0.25, -0.2) is 4.79 Å². The van der Waals surface area contributed by atoms with E-state index in [4.69, 9.17) is 5.11 Å². The molecule has 0 aliphatic heterocycles. The van der Waals surface area contributed by atoms with Crippen LogP contribution in [0.5, 0.6) is 0 Å². The number of aryl methyl sites for hydroxylation is 1. The van der Waals surface area contributed by atoms with Crippen molar-refractivity contribution in [2.24, 2.45) is 0 Å². The molecule has 0 aromatic carbocycles. The Hall–Kier alpha value is -1.85. The van der Waals surface area contributed by atoms with Gasteiger partial charge in [0, 0.05) is 5.69 Å². The number of amides is 1. The second-order valence-corrected chi connectivity index (χ2v) is 3.78. The zero-order chi connectivity index (χ0) is 12.8. The molecule has 1 atom stereocenters. The third-order valence-corrected chi connectivity index (χ3v) is 2.43. The van der Waals surface area contributed by atoms with Crippen LogP contribution in [0.1, 0.15) is 42.9 Å². The van der Waals surface area contributed by atoms with E-state index in [0.717, 1.165) is 12.1 Å². The number of nitrogens with zero attached hydrogens (tertiary/aromatic N) is 1. The SMILES string of the molecule is CCCC(NC(=O)c1cc(CC)[nH]n1)C(=O)O. The molecule has 0 aliphatic carbocycles. The number of carboxylic acid groups (broad SMARTS) is 1. The van der Waals surface area contributed by atoms with Crippen LogP contribution in [0.15, 0.2) is 6.07 Å². The minimum Gasteiger partial charge on any atom is -0.480 e. The van der Waals surface area contributed by atoms with Crippen molar-refractivity contribution in [3.05, 3.63) is 17.5 Å². The summed E-state index contributed by atoms with van der Waals surface area (Å²) in [6.07, 6.45) is 1.85. The van der Waals surface area contributed by atoms with Gasteiger partial charge in [0.1, 0.15) is 11.7 Å². The van der Waals surface area contributed by atoms with Crippen molar-refractivity contribution in [2.75, 3.05) is 0 Å².